The summed E-state index contributed by atoms with van der Waals surface area (Å²) in [6.07, 6.45) is -10.4. The topological polar surface area (TPSA) is 72.2 Å². The molecule has 0 spiro atoms. The fourth-order valence-corrected chi connectivity index (χ4v) is 1.86. The molecule has 1 unspecified atom stereocenters. The Morgan fingerprint density at radius 2 is 1.04 bits per heavy atom. The molecule has 0 aliphatic rings. The highest BCUT2D eigenvalue weighted by Gasteiger charge is 2.90. The van der Waals surface area contributed by atoms with Crippen molar-refractivity contribution in [2.24, 2.45) is 5.90 Å². The summed E-state index contributed by atoms with van der Waals surface area (Å²) in [7, 11) is -5.24. The van der Waals surface area contributed by atoms with Crippen LogP contribution in [0.25, 0.3) is 0 Å². The van der Waals surface area contributed by atoms with E-state index in [0.717, 1.165) is 0 Å². The van der Waals surface area contributed by atoms with Crippen LogP contribution < -0.4 is 5.90 Å². The van der Waals surface area contributed by atoms with E-state index in [9.17, 15) is 65.8 Å². The first kappa shape index (κ1) is 25.1. The van der Waals surface area contributed by atoms with Gasteiger partial charge in [-0.2, -0.15) is 63.0 Å². The van der Waals surface area contributed by atoms with Crippen LogP contribution in [0.5, 0.6) is 0 Å². The average Bonchev–Trinajstić information content (AvgIpc) is 2.43. The largest absolute Gasteiger partial charge is 0.460 e. The van der Waals surface area contributed by atoms with Gasteiger partial charge < -0.3 is 0 Å². The number of alkyl halides is 13. The van der Waals surface area contributed by atoms with E-state index in [2.05, 4.69) is 10.2 Å². The maximum atomic E-state index is 13.1. The summed E-state index contributed by atoms with van der Waals surface area (Å²) in [5, 5.41) is 0. The molecular weight excluding hydrogens is 437 g/mol. The van der Waals surface area contributed by atoms with Crippen molar-refractivity contribution in [3.05, 3.63) is 0 Å². The Morgan fingerprint density at radius 3 is 1.35 bits per heavy atom. The minimum Gasteiger partial charge on any atom is -0.199 e. The lowest BCUT2D eigenvalue weighted by Gasteiger charge is -2.39. The lowest BCUT2D eigenvalue weighted by atomic mass is 9.93. The molecule has 0 aromatic rings. The smallest absolute Gasteiger partial charge is 0.199 e. The average molecular weight is 443 g/mol. The lowest BCUT2D eigenvalue weighted by molar-refractivity contribution is -0.439. The lowest BCUT2D eigenvalue weighted by Crippen LogP contribution is -2.70. The molecule has 1 atom stereocenters. The first-order chi connectivity index (χ1) is 11.0. The van der Waals surface area contributed by atoms with Gasteiger partial charge in [0, 0.05) is 0 Å². The number of hydrogen-bond acceptors (Lipinski definition) is 3. The second-order valence-electron chi connectivity index (χ2n) is 4.61. The van der Waals surface area contributed by atoms with Crippen molar-refractivity contribution in [3.8, 4) is 0 Å². The summed E-state index contributed by atoms with van der Waals surface area (Å²) >= 11 is 0. The fourth-order valence-electron chi connectivity index (χ4n) is 1.26. The van der Waals surface area contributed by atoms with Crippen LogP contribution in [0, 0.1) is 0 Å². The molecule has 0 saturated carbocycles. The standard InChI is InChI=1S/C8H6F13NO3S/c9-3(10,1-2-26(23,24)25-22)4(11,12)5(13,14)6(15,16)7(17,18)8(19,20)21/h1-2,22H2/q+1. The zero-order valence-electron chi connectivity index (χ0n) is 11.5. The third-order valence-electron chi connectivity index (χ3n) is 2.81. The van der Waals surface area contributed by atoms with Crippen molar-refractivity contribution in [3.63, 3.8) is 0 Å². The maximum absolute atomic E-state index is 13.1. The minimum atomic E-state index is -8.03. The molecule has 0 bridgehead atoms. The van der Waals surface area contributed by atoms with E-state index in [0.29, 0.717) is 0 Å². The van der Waals surface area contributed by atoms with Gasteiger partial charge in [0.25, 0.3) is 0 Å². The molecule has 0 aromatic carbocycles. The van der Waals surface area contributed by atoms with Crippen molar-refractivity contribution in [2.45, 2.75) is 42.2 Å². The Morgan fingerprint density at radius 1 is 0.692 bits per heavy atom. The molecule has 4 nitrogen and oxygen atoms in total. The molecule has 0 fully saturated rings. The summed E-state index contributed by atoms with van der Waals surface area (Å²) in [6.45, 7) is 0. The van der Waals surface area contributed by atoms with Gasteiger partial charge in [0.2, 0.25) is 0 Å². The molecule has 157 valence electrons. The Labute approximate surface area is 135 Å². The molecule has 0 rings (SSSR count). The van der Waals surface area contributed by atoms with E-state index in [1.54, 1.807) is 0 Å². The molecule has 0 saturated heterocycles. The predicted octanol–water partition coefficient (Wildman–Crippen LogP) is 3.77. The molecule has 1 radical (unpaired) electrons. The second kappa shape index (κ2) is 6.62. The fraction of sp³-hybridized carbons (Fsp3) is 1.00. The third-order valence-corrected chi connectivity index (χ3v) is 3.81. The number of hydrogen-bond donors (Lipinski definition) is 1. The van der Waals surface area contributed by atoms with Gasteiger partial charge in [-0.3, -0.25) is 0 Å². The van der Waals surface area contributed by atoms with Crippen LogP contribution in [0.4, 0.5) is 57.1 Å². The van der Waals surface area contributed by atoms with Crippen LogP contribution in [0.15, 0.2) is 0 Å². The second-order valence-corrected chi connectivity index (χ2v) is 6.32. The van der Waals surface area contributed by atoms with Gasteiger partial charge in [-0.25, -0.2) is 0 Å². The number of rotatable bonds is 8. The Balaban J connectivity index is 6.04. The van der Waals surface area contributed by atoms with Crippen LogP contribution >= 0.6 is 0 Å². The first-order valence-electron chi connectivity index (χ1n) is 5.58. The summed E-state index contributed by atoms with van der Waals surface area (Å²) in [6, 6.07) is 0. The molecule has 2 N–H and O–H groups in total. The summed E-state index contributed by atoms with van der Waals surface area (Å²) in [5.41, 5.74) is 0. The van der Waals surface area contributed by atoms with E-state index in [4.69, 9.17) is 0 Å². The van der Waals surface area contributed by atoms with E-state index >= 15 is 0 Å². The van der Waals surface area contributed by atoms with Crippen molar-refractivity contribution in [2.75, 3.05) is 5.75 Å². The van der Waals surface area contributed by atoms with Crippen molar-refractivity contribution >= 4 is 10.5 Å². The van der Waals surface area contributed by atoms with Crippen LogP contribution in [0.3, 0.4) is 0 Å². The van der Waals surface area contributed by atoms with Crippen LogP contribution in [0.1, 0.15) is 6.42 Å². The number of nitrogens with two attached hydrogens (primary N) is 1. The summed E-state index contributed by atoms with van der Waals surface area (Å²) in [5.74, 6) is -36.2. The zero-order chi connectivity index (χ0) is 21.6. The van der Waals surface area contributed by atoms with Crippen LogP contribution in [0.2, 0.25) is 0 Å². The summed E-state index contributed by atoms with van der Waals surface area (Å²) < 4.78 is 189. The first-order valence-corrected chi connectivity index (χ1v) is 7.16. The zero-order valence-corrected chi connectivity index (χ0v) is 12.4. The number of halogens is 13. The van der Waals surface area contributed by atoms with Gasteiger partial charge in [-0.15, -0.1) is 0 Å². The summed E-state index contributed by atoms with van der Waals surface area (Å²) in [4.78, 5) is 0. The van der Waals surface area contributed by atoms with Crippen LogP contribution in [-0.4, -0.2) is 41.5 Å². The van der Waals surface area contributed by atoms with Crippen molar-refractivity contribution in [1.29, 1.82) is 0 Å². The Bertz CT molecular complexity index is 560. The highest BCUT2D eigenvalue weighted by Crippen LogP contribution is 2.60. The SMILES string of the molecule is NO[S+]([O])(=O)CCC(F)(F)C(F)(F)C(F)(F)C(F)(F)C(F)(F)C(F)(F)F. The van der Waals surface area contributed by atoms with E-state index in [1.807, 2.05) is 0 Å². The third kappa shape index (κ3) is 3.86. The van der Waals surface area contributed by atoms with Crippen molar-refractivity contribution in [1.82, 2.24) is 0 Å². The highest BCUT2D eigenvalue weighted by atomic mass is 32.3. The molecule has 0 amide bonds. The van der Waals surface area contributed by atoms with Crippen molar-refractivity contribution < 1.29 is 70.1 Å². The van der Waals surface area contributed by atoms with E-state index < -0.39 is 58.5 Å². The molecule has 0 aliphatic heterocycles. The normalized spacial score (nSPS) is 18.0. The molecule has 26 heavy (non-hydrogen) atoms. The highest BCUT2D eigenvalue weighted by molar-refractivity contribution is 7.92. The Kier molecular flexibility index (Phi) is 6.40. The molecule has 0 aromatic heterocycles. The monoisotopic (exact) mass is 443 g/mol. The van der Waals surface area contributed by atoms with Crippen LogP contribution in [-0.2, 0) is 23.5 Å². The maximum Gasteiger partial charge on any atom is 0.460 e. The molecule has 0 aliphatic carbocycles. The van der Waals surface area contributed by atoms with Gasteiger partial charge in [0.15, 0.2) is 5.75 Å². The molecular formula is C8H6F13NO3S+. The molecule has 18 heteroatoms. The minimum absolute atomic E-state index is 2.29. The van der Waals surface area contributed by atoms with Gasteiger partial charge in [-0.05, 0) is 8.49 Å². The predicted molar refractivity (Wildman–Crippen MR) is 54.3 cm³/mol. The van der Waals surface area contributed by atoms with E-state index in [-0.39, 0.29) is 0 Å². The van der Waals surface area contributed by atoms with Gasteiger partial charge in [0.05, 0.1) is 11.0 Å². The quantitative estimate of drug-likeness (QED) is 0.353. The van der Waals surface area contributed by atoms with Gasteiger partial charge in [-0.1, -0.05) is 0 Å². The van der Waals surface area contributed by atoms with Gasteiger partial charge in [0.1, 0.15) is 0 Å². The molecule has 0 heterocycles. The Hall–Kier alpha value is -0.880. The van der Waals surface area contributed by atoms with E-state index in [1.165, 1.54) is 0 Å². The van der Waals surface area contributed by atoms with Gasteiger partial charge >= 0.3 is 46.3 Å².